The standard InChI is InChI=1S/C26H25FN2O3/c1-2-14-29-16-17(9-13-23(29)31)8-12-22(30)25-24(18-6-4-3-5-7-18)20-15-19(27)10-11-21(20)28-26(25)32/h1,3-9,12-13,16,19-21,24-25H,10-11,14-15H2,(H,28,32)/b12-8+. The molecule has 164 valence electrons. The molecule has 4 rings (SSSR count). The van der Waals surface area contributed by atoms with Crippen LogP contribution in [0.2, 0.25) is 0 Å². The highest BCUT2D eigenvalue weighted by atomic mass is 19.1. The molecule has 1 aliphatic heterocycles. The van der Waals surface area contributed by atoms with Crippen molar-refractivity contribution in [2.75, 3.05) is 0 Å². The quantitative estimate of drug-likeness (QED) is 0.449. The Bertz CT molecular complexity index is 1130. The van der Waals surface area contributed by atoms with E-state index in [1.807, 2.05) is 30.3 Å². The minimum atomic E-state index is -0.934. The Balaban J connectivity index is 1.65. The Morgan fingerprint density at radius 2 is 1.97 bits per heavy atom. The number of hydrogen-bond donors (Lipinski definition) is 1. The summed E-state index contributed by atoms with van der Waals surface area (Å²) in [7, 11) is 0. The second-order valence-corrected chi connectivity index (χ2v) is 8.47. The Morgan fingerprint density at radius 3 is 2.72 bits per heavy atom. The number of alkyl halides is 1. The van der Waals surface area contributed by atoms with Crippen molar-refractivity contribution in [2.45, 2.75) is 43.9 Å². The first-order chi connectivity index (χ1) is 15.5. The summed E-state index contributed by atoms with van der Waals surface area (Å²) in [5.41, 5.74) is 1.27. The SMILES string of the molecule is C#CCn1cc(/C=C/C(=O)C2C(=O)NC3CCC(F)CC3C2c2ccccc2)ccc1=O. The lowest BCUT2D eigenvalue weighted by molar-refractivity contribution is -0.138. The molecule has 5 nitrogen and oxygen atoms in total. The third-order valence-corrected chi connectivity index (χ3v) is 6.47. The summed E-state index contributed by atoms with van der Waals surface area (Å²) in [6.45, 7) is 0.128. The molecule has 1 aliphatic carbocycles. The van der Waals surface area contributed by atoms with Crippen LogP contribution in [0.3, 0.4) is 0 Å². The molecule has 1 amide bonds. The molecule has 1 saturated carbocycles. The molecule has 0 bridgehead atoms. The molecule has 1 aromatic heterocycles. The highest BCUT2D eigenvalue weighted by Crippen LogP contribution is 2.45. The van der Waals surface area contributed by atoms with Crippen LogP contribution in [-0.4, -0.2) is 28.5 Å². The van der Waals surface area contributed by atoms with Crippen molar-refractivity contribution in [1.29, 1.82) is 0 Å². The van der Waals surface area contributed by atoms with Gasteiger partial charge in [-0.2, -0.15) is 0 Å². The number of hydrogen-bond acceptors (Lipinski definition) is 3. The van der Waals surface area contributed by atoms with Crippen LogP contribution in [0.5, 0.6) is 0 Å². The van der Waals surface area contributed by atoms with E-state index in [-0.39, 0.29) is 41.7 Å². The van der Waals surface area contributed by atoms with Gasteiger partial charge in [-0.15, -0.1) is 6.42 Å². The van der Waals surface area contributed by atoms with Crippen molar-refractivity contribution in [3.05, 3.63) is 76.2 Å². The zero-order valence-electron chi connectivity index (χ0n) is 17.6. The number of nitrogens with one attached hydrogen (secondary N) is 1. The van der Waals surface area contributed by atoms with Crippen LogP contribution in [0, 0.1) is 24.2 Å². The minimum absolute atomic E-state index is 0.125. The normalized spacial score (nSPS) is 27.4. The van der Waals surface area contributed by atoms with Crippen molar-refractivity contribution in [2.24, 2.45) is 11.8 Å². The maximum atomic E-state index is 14.3. The van der Waals surface area contributed by atoms with Crippen LogP contribution in [-0.2, 0) is 16.1 Å². The fraction of sp³-hybridized carbons (Fsp3) is 0.346. The lowest BCUT2D eigenvalue weighted by atomic mass is 9.64. The molecule has 2 aromatic rings. The summed E-state index contributed by atoms with van der Waals surface area (Å²) in [6.07, 6.45) is 10.2. The number of carbonyl (C=O) groups excluding carboxylic acids is 2. The number of benzene rings is 1. The van der Waals surface area contributed by atoms with Crippen molar-refractivity contribution < 1.29 is 14.0 Å². The molecule has 32 heavy (non-hydrogen) atoms. The molecule has 1 N–H and O–H groups in total. The fourth-order valence-corrected chi connectivity index (χ4v) is 4.98. The van der Waals surface area contributed by atoms with Crippen LogP contribution >= 0.6 is 0 Å². The maximum Gasteiger partial charge on any atom is 0.251 e. The third-order valence-electron chi connectivity index (χ3n) is 6.47. The maximum absolute atomic E-state index is 14.3. The predicted octanol–water partition coefficient (Wildman–Crippen LogP) is 3.10. The smallest absolute Gasteiger partial charge is 0.251 e. The fourth-order valence-electron chi connectivity index (χ4n) is 4.98. The van der Waals surface area contributed by atoms with E-state index in [1.165, 1.54) is 16.7 Å². The van der Waals surface area contributed by atoms with Crippen LogP contribution in [0.25, 0.3) is 6.08 Å². The molecule has 0 radical (unpaired) electrons. The van der Waals surface area contributed by atoms with Gasteiger partial charge in [-0.25, -0.2) is 4.39 Å². The second-order valence-electron chi connectivity index (χ2n) is 8.47. The third kappa shape index (κ3) is 4.43. The molecule has 2 fully saturated rings. The largest absolute Gasteiger partial charge is 0.352 e. The van der Waals surface area contributed by atoms with Gasteiger partial charge < -0.3 is 9.88 Å². The monoisotopic (exact) mass is 432 g/mol. The van der Waals surface area contributed by atoms with E-state index in [2.05, 4.69) is 11.2 Å². The van der Waals surface area contributed by atoms with Crippen molar-refractivity contribution >= 4 is 17.8 Å². The van der Waals surface area contributed by atoms with E-state index in [0.29, 0.717) is 24.8 Å². The van der Waals surface area contributed by atoms with E-state index in [4.69, 9.17) is 6.42 Å². The first-order valence-corrected chi connectivity index (χ1v) is 10.8. The highest BCUT2D eigenvalue weighted by Gasteiger charge is 2.49. The summed E-state index contributed by atoms with van der Waals surface area (Å²) in [5, 5.41) is 2.97. The number of fused-ring (bicyclic) bond motifs is 1. The van der Waals surface area contributed by atoms with Gasteiger partial charge in [0.15, 0.2) is 5.78 Å². The number of halogens is 1. The average Bonchev–Trinajstić information content (AvgIpc) is 2.79. The zero-order chi connectivity index (χ0) is 22.7. The number of carbonyl (C=O) groups is 2. The molecule has 5 atom stereocenters. The molecule has 1 aromatic carbocycles. The lowest BCUT2D eigenvalue weighted by Gasteiger charge is -2.45. The van der Waals surface area contributed by atoms with Crippen LogP contribution < -0.4 is 10.9 Å². The Labute approximate surface area is 186 Å². The van der Waals surface area contributed by atoms with E-state index >= 15 is 0 Å². The van der Waals surface area contributed by atoms with Crippen LogP contribution in [0.4, 0.5) is 4.39 Å². The summed E-state index contributed by atoms with van der Waals surface area (Å²) >= 11 is 0. The zero-order valence-corrected chi connectivity index (χ0v) is 17.6. The minimum Gasteiger partial charge on any atom is -0.352 e. The number of pyridine rings is 1. The number of aromatic nitrogens is 1. The topological polar surface area (TPSA) is 68.2 Å². The molecule has 0 spiro atoms. The molecule has 5 unspecified atom stereocenters. The average molecular weight is 432 g/mol. The number of rotatable bonds is 5. The van der Waals surface area contributed by atoms with Gasteiger partial charge in [-0.05, 0) is 54.5 Å². The highest BCUT2D eigenvalue weighted by molar-refractivity contribution is 6.09. The number of amides is 1. The Kier molecular flexibility index (Phi) is 6.36. The second kappa shape index (κ2) is 9.35. The summed E-state index contributed by atoms with van der Waals surface area (Å²) < 4.78 is 15.7. The summed E-state index contributed by atoms with van der Waals surface area (Å²) in [5.74, 6) is 0.298. The number of nitrogens with zero attached hydrogens (tertiary/aromatic N) is 1. The van der Waals surface area contributed by atoms with Crippen molar-refractivity contribution in [3.8, 4) is 12.3 Å². The van der Waals surface area contributed by atoms with Crippen molar-refractivity contribution in [3.63, 3.8) is 0 Å². The van der Waals surface area contributed by atoms with E-state index in [9.17, 15) is 18.8 Å². The predicted molar refractivity (Wildman–Crippen MR) is 120 cm³/mol. The van der Waals surface area contributed by atoms with Crippen LogP contribution in [0.15, 0.2) is 59.5 Å². The van der Waals surface area contributed by atoms with Gasteiger partial charge in [-0.3, -0.25) is 14.4 Å². The lowest BCUT2D eigenvalue weighted by Crippen LogP contribution is -2.57. The summed E-state index contributed by atoms with van der Waals surface area (Å²) in [4.78, 5) is 38.1. The Morgan fingerprint density at radius 1 is 1.19 bits per heavy atom. The molecule has 6 heteroatoms. The number of terminal acetylenes is 1. The van der Waals surface area contributed by atoms with E-state index < -0.39 is 12.1 Å². The molecule has 2 heterocycles. The van der Waals surface area contributed by atoms with Crippen molar-refractivity contribution in [1.82, 2.24) is 9.88 Å². The summed E-state index contributed by atoms with van der Waals surface area (Å²) in [6, 6.07) is 12.3. The van der Waals surface area contributed by atoms with Gasteiger partial charge in [0.05, 0.1) is 6.54 Å². The van der Waals surface area contributed by atoms with Gasteiger partial charge in [0.25, 0.3) is 5.56 Å². The van der Waals surface area contributed by atoms with Gasteiger partial charge in [0, 0.05) is 24.2 Å². The number of ketones is 1. The molecule has 1 saturated heterocycles. The van der Waals surface area contributed by atoms with E-state index in [1.54, 1.807) is 18.3 Å². The Hall–Kier alpha value is -3.46. The van der Waals surface area contributed by atoms with E-state index in [0.717, 1.165) is 5.56 Å². The van der Waals surface area contributed by atoms with Gasteiger partial charge in [-0.1, -0.05) is 36.3 Å². The molecular weight excluding hydrogens is 407 g/mol. The number of piperidine rings is 1. The first-order valence-electron chi connectivity index (χ1n) is 10.8. The first kappa shape index (κ1) is 21.8. The molecular formula is C26H25FN2O3. The molecule has 2 aliphatic rings. The van der Waals surface area contributed by atoms with Crippen LogP contribution in [0.1, 0.15) is 36.3 Å². The van der Waals surface area contributed by atoms with Gasteiger partial charge in [0.2, 0.25) is 5.91 Å². The van der Waals surface area contributed by atoms with Gasteiger partial charge >= 0.3 is 0 Å². The van der Waals surface area contributed by atoms with Gasteiger partial charge in [0.1, 0.15) is 12.1 Å². The number of allylic oxidation sites excluding steroid dienone is 1.